The van der Waals surface area contributed by atoms with Gasteiger partial charge in [-0.2, -0.15) is 0 Å². The maximum atomic E-state index is 10.9. The average Bonchev–Trinajstić information content (AvgIpc) is 2.79. The Morgan fingerprint density at radius 3 is 2.65 bits per heavy atom. The first-order valence-corrected chi connectivity index (χ1v) is 6.69. The van der Waals surface area contributed by atoms with Crippen LogP contribution in [0.5, 0.6) is 0 Å². The van der Waals surface area contributed by atoms with Gasteiger partial charge in [-0.3, -0.25) is 4.79 Å². The van der Waals surface area contributed by atoms with Gasteiger partial charge in [-0.05, 0) is 17.7 Å². The molecule has 1 amide bonds. The molecule has 0 aliphatic rings. The van der Waals surface area contributed by atoms with Gasteiger partial charge in [-0.25, -0.2) is 15.0 Å². The molecule has 0 fully saturated rings. The Morgan fingerprint density at radius 1 is 1.20 bits per heavy atom. The monoisotopic (exact) mass is 285 g/mol. The topological polar surface area (TPSA) is 108 Å². The summed E-state index contributed by atoms with van der Waals surface area (Å²) >= 11 is 1.46. The molecule has 0 radical (unpaired) electrons. The second-order valence-electron chi connectivity index (χ2n) is 4.26. The largest absolute Gasteiger partial charge is 0.369 e. The summed E-state index contributed by atoms with van der Waals surface area (Å²) in [6.07, 6.45) is 3.52. The van der Waals surface area contributed by atoms with E-state index in [1.807, 2.05) is 18.2 Å². The number of benzene rings is 1. The van der Waals surface area contributed by atoms with Gasteiger partial charge in [0.05, 0.1) is 16.6 Å². The van der Waals surface area contributed by atoms with Crippen molar-refractivity contribution in [1.82, 2.24) is 15.0 Å². The third-order valence-corrected chi connectivity index (χ3v) is 3.78. The van der Waals surface area contributed by atoms with Gasteiger partial charge in [0.25, 0.3) is 0 Å². The highest BCUT2D eigenvalue weighted by Crippen LogP contribution is 2.28. The first kappa shape index (κ1) is 12.5. The van der Waals surface area contributed by atoms with Crippen LogP contribution >= 0.6 is 11.3 Å². The number of nitrogens with zero attached hydrogens (tertiary/aromatic N) is 3. The molecule has 0 saturated heterocycles. The summed E-state index contributed by atoms with van der Waals surface area (Å²) in [4.78, 5) is 23.2. The van der Waals surface area contributed by atoms with Crippen molar-refractivity contribution >= 4 is 33.4 Å². The molecule has 0 atom stereocenters. The van der Waals surface area contributed by atoms with E-state index in [2.05, 4.69) is 15.0 Å². The fourth-order valence-corrected chi connectivity index (χ4v) is 2.88. The minimum absolute atomic E-state index is 0.166. The quantitative estimate of drug-likeness (QED) is 0.755. The second kappa shape index (κ2) is 4.86. The van der Waals surface area contributed by atoms with E-state index in [0.717, 1.165) is 26.4 Å². The van der Waals surface area contributed by atoms with Crippen LogP contribution < -0.4 is 11.5 Å². The minimum atomic E-state index is -0.379. The standard InChI is InChI=1S/C13H11N5OS/c14-11(19)4-12-18-9-2-1-7(3-10(9)20-12)8-5-16-13(15)17-6-8/h1-3,5-6H,4H2,(H2,14,19)(H2,15,16,17). The molecule has 3 rings (SSSR count). The number of hydrogen-bond donors (Lipinski definition) is 2. The van der Waals surface area contributed by atoms with E-state index in [1.165, 1.54) is 11.3 Å². The Morgan fingerprint density at radius 2 is 1.95 bits per heavy atom. The number of thiazole rings is 1. The van der Waals surface area contributed by atoms with Crippen LogP contribution in [0.2, 0.25) is 0 Å². The number of rotatable bonds is 3. The number of aromatic nitrogens is 3. The molecule has 2 aromatic heterocycles. The SMILES string of the molecule is NC(=O)Cc1nc2ccc(-c3cnc(N)nc3)cc2s1. The smallest absolute Gasteiger partial charge is 0.224 e. The van der Waals surface area contributed by atoms with Crippen molar-refractivity contribution in [3.8, 4) is 11.1 Å². The van der Waals surface area contributed by atoms with Gasteiger partial charge in [0.1, 0.15) is 5.01 Å². The lowest BCUT2D eigenvalue weighted by molar-refractivity contribution is -0.117. The molecule has 100 valence electrons. The number of anilines is 1. The molecule has 2 heterocycles. The van der Waals surface area contributed by atoms with Gasteiger partial charge in [-0.1, -0.05) is 6.07 Å². The molecule has 3 aromatic rings. The van der Waals surface area contributed by atoms with Gasteiger partial charge in [0, 0.05) is 18.0 Å². The van der Waals surface area contributed by atoms with Crippen molar-refractivity contribution in [3.05, 3.63) is 35.6 Å². The highest BCUT2D eigenvalue weighted by atomic mass is 32.1. The van der Waals surface area contributed by atoms with Crippen LogP contribution in [0.3, 0.4) is 0 Å². The maximum Gasteiger partial charge on any atom is 0.224 e. The zero-order chi connectivity index (χ0) is 14.1. The molecule has 7 heteroatoms. The lowest BCUT2D eigenvalue weighted by Crippen LogP contribution is -2.13. The highest BCUT2D eigenvalue weighted by Gasteiger charge is 2.08. The van der Waals surface area contributed by atoms with Gasteiger partial charge in [-0.15, -0.1) is 11.3 Å². The highest BCUT2D eigenvalue weighted by molar-refractivity contribution is 7.18. The average molecular weight is 285 g/mol. The Kier molecular flexibility index (Phi) is 3.03. The van der Waals surface area contributed by atoms with Crippen LogP contribution in [-0.4, -0.2) is 20.9 Å². The van der Waals surface area contributed by atoms with Crippen molar-refractivity contribution < 1.29 is 4.79 Å². The number of hydrogen-bond acceptors (Lipinski definition) is 6. The predicted octanol–water partition coefficient (Wildman–Crippen LogP) is 1.36. The molecule has 0 aliphatic carbocycles. The Hall–Kier alpha value is -2.54. The molecule has 20 heavy (non-hydrogen) atoms. The van der Waals surface area contributed by atoms with Crippen molar-refractivity contribution in [1.29, 1.82) is 0 Å². The number of carbonyl (C=O) groups is 1. The second-order valence-corrected chi connectivity index (χ2v) is 5.38. The zero-order valence-electron chi connectivity index (χ0n) is 10.4. The number of amides is 1. The summed E-state index contributed by atoms with van der Waals surface area (Å²) in [5.41, 5.74) is 13.4. The Labute approximate surface area is 118 Å². The van der Waals surface area contributed by atoms with E-state index in [1.54, 1.807) is 12.4 Å². The maximum absolute atomic E-state index is 10.9. The number of nitrogens with two attached hydrogens (primary N) is 2. The zero-order valence-corrected chi connectivity index (χ0v) is 11.2. The minimum Gasteiger partial charge on any atom is -0.369 e. The molecule has 1 aromatic carbocycles. The van der Waals surface area contributed by atoms with Crippen LogP contribution in [0.15, 0.2) is 30.6 Å². The molecule has 0 unspecified atom stereocenters. The van der Waals surface area contributed by atoms with E-state index in [-0.39, 0.29) is 18.3 Å². The molecular weight excluding hydrogens is 274 g/mol. The summed E-state index contributed by atoms with van der Waals surface area (Å²) in [5.74, 6) is -0.132. The van der Waals surface area contributed by atoms with Crippen LogP contribution in [0.1, 0.15) is 5.01 Å². The fraction of sp³-hybridized carbons (Fsp3) is 0.0769. The number of carbonyl (C=O) groups excluding carboxylic acids is 1. The van der Waals surface area contributed by atoms with Gasteiger partial charge >= 0.3 is 0 Å². The lowest BCUT2D eigenvalue weighted by atomic mass is 10.1. The normalized spacial score (nSPS) is 10.8. The van der Waals surface area contributed by atoms with Crippen molar-refractivity contribution in [2.24, 2.45) is 5.73 Å². The van der Waals surface area contributed by atoms with Gasteiger partial charge < -0.3 is 11.5 Å². The van der Waals surface area contributed by atoms with Gasteiger partial charge in [0.2, 0.25) is 11.9 Å². The summed E-state index contributed by atoms with van der Waals surface area (Å²) in [7, 11) is 0. The van der Waals surface area contributed by atoms with Gasteiger partial charge in [0.15, 0.2) is 0 Å². The van der Waals surface area contributed by atoms with Crippen LogP contribution in [0.4, 0.5) is 5.95 Å². The third-order valence-electron chi connectivity index (χ3n) is 2.76. The van der Waals surface area contributed by atoms with E-state index in [4.69, 9.17) is 11.5 Å². The molecule has 0 spiro atoms. The number of primary amides is 1. The van der Waals surface area contributed by atoms with Crippen molar-refractivity contribution in [3.63, 3.8) is 0 Å². The third kappa shape index (κ3) is 2.43. The summed E-state index contributed by atoms with van der Waals surface area (Å²) in [6, 6.07) is 5.83. The molecule has 0 bridgehead atoms. The van der Waals surface area contributed by atoms with Crippen LogP contribution in [-0.2, 0) is 11.2 Å². The molecule has 4 N–H and O–H groups in total. The summed E-state index contributed by atoms with van der Waals surface area (Å²) in [6.45, 7) is 0. The van der Waals surface area contributed by atoms with Crippen LogP contribution in [0, 0.1) is 0 Å². The lowest BCUT2D eigenvalue weighted by Gasteiger charge is -2.00. The van der Waals surface area contributed by atoms with Crippen molar-refractivity contribution in [2.75, 3.05) is 5.73 Å². The number of nitrogen functional groups attached to an aromatic ring is 1. The van der Waals surface area contributed by atoms with Crippen molar-refractivity contribution in [2.45, 2.75) is 6.42 Å². The number of fused-ring (bicyclic) bond motifs is 1. The summed E-state index contributed by atoms with van der Waals surface area (Å²) < 4.78 is 0.996. The molecular formula is C13H11N5OS. The first-order chi connectivity index (χ1) is 9.61. The molecule has 0 aliphatic heterocycles. The molecule has 6 nitrogen and oxygen atoms in total. The van der Waals surface area contributed by atoms with E-state index in [0.29, 0.717) is 0 Å². The summed E-state index contributed by atoms with van der Waals surface area (Å²) in [5, 5.41) is 0.721. The molecule has 0 saturated carbocycles. The van der Waals surface area contributed by atoms with Crippen LogP contribution in [0.25, 0.3) is 21.3 Å². The first-order valence-electron chi connectivity index (χ1n) is 5.87. The Balaban J connectivity index is 2.01. The predicted molar refractivity (Wildman–Crippen MR) is 78.0 cm³/mol. The van der Waals surface area contributed by atoms with E-state index >= 15 is 0 Å². The fourth-order valence-electron chi connectivity index (χ4n) is 1.86. The van der Waals surface area contributed by atoms with E-state index < -0.39 is 0 Å². The Bertz CT molecular complexity index is 781. The van der Waals surface area contributed by atoms with E-state index in [9.17, 15) is 4.79 Å².